The summed E-state index contributed by atoms with van der Waals surface area (Å²) in [4.78, 5) is 7.53. The lowest BCUT2D eigenvalue weighted by Gasteiger charge is -2.07. The molecule has 0 radical (unpaired) electrons. The first-order valence-corrected chi connectivity index (χ1v) is 7.29. The quantitative estimate of drug-likeness (QED) is 0.675. The van der Waals surface area contributed by atoms with Crippen molar-refractivity contribution in [1.82, 2.24) is 14.5 Å². The van der Waals surface area contributed by atoms with Crippen LogP contribution in [0, 0.1) is 4.77 Å². The molecule has 20 heavy (non-hydrogen) atoms. The molecular weight excluding hydrogens is 362 g/mol. The molecule has 0 fully saturated rings. The summed E-state index contributed by atoms with van der Waals surface area (Å²) in [6.45, 7) is 0. The van der Waals surface area contributed by atoms with Gasteiger partial charge in [-0.05, 0) is 36.5 Å². The number of H-pyrrole nitrogens is 1. The molecule has 0 aliphatic carbocycles. The second-order valence-electron chi connectivity index (χ2n) is 4.09. The number of methoxy groups -OCH3 is 1. The fraction of sp³-hybridized carbons (Fsp3) is 0.0769. The minimum absolute atomic E-state index is 0.522. The van der Waals surface area contributed by atoms with Crippen LogP contribution in [0.3, 0.4) is 0 Å². The molecule has 4 nitrogen and oxygen atoms in total. The molecule has 2 heterocycles. The van der Waals surface area contributed by atoms with Crippen molar-refractivity contribution in [2.75, 3.05) is 7.11 Å². The Morgan fingerprint density at radius 3 is 2.85 bits per heavy atom. The Kier molecular flexibility index (Phi) is 3.54. The van der Waals surface area contributed by atoms with E-state index in [2.05, 4.69) is 25.9 Å². The summed E-state index contributed by atoms with van der Waals surface area (Å²) in [5.41, 5.74) is 2.28. The summed E-state index contributed by atoms with van der Waals surface area (Å²) < 4.78 is 8.39. The zero-order valence-electron chi connectivity index (χ0n) is 10.4. The standard InChI is InChI=1S/C13H9BrClN3OS/c1-19-11-5-3-9-12(17-11)18(13(20)16-9)10-4-2-7(14)6-8(10)15/h2-6H,1H3,(H,16,20). The van der Waals surface area contributed by atoms with Gasteiger partial charge in [-0.1, -0.05) is 27.5 Å². The zero-order valence-corrected chi connectivity index (χ0v) is 13.5. The fourth-order valence-electron chi connectivity index (χ4n) is 1.97. The Morgan fingerprint density at radius 2 is 2.15 bits per heavy atom. The van der Waals surface area contributed by atoms with Gasteiger partial charge in [0, 0.05) is 10.5 Å². The van der Waals surface area contributed by atoms with E-state index < -0.39 is 0 Å². The minimum atomic E-state index is 0.522. The van der Waals surface area contributed by atoms with Gasteiger partial charge < -0.3 is 9.72 Å². The molecule has 0 saturated heterocycles. The van der Waals surface area contributed by atoms with Crippen LogP contribution in [0.2, 0.25) is 5.02 Å². The van der Waals surface area contributed by atoms with Crippen LogP contribution in [-0.2, 0) is 0 Å². The number of benzene rings is 1. The number of hydrogen-bond acceptors (Lipinski definition) is 3. The van der Waals surface area contributed by atoms with Crippen LogP contribution in [0.1, 0.15) is 0 Å². The van der Waals surface area contributed by atoms with Crippen LogP contribution in [-0.4, -0.2) is 21.6 Å². The molecular formula is C13H9BrClN3OS. The van der Waals surface area contributed by atoms with E-state index in [0.29, 0.717) is 21.3 Å². The Hall–Kier alpha value is -1.37. The van der Waals surface area contributed by atoms with Gasteiger partial charge >= 0.3 is 0 Å². The van der Waals surface area contributed by atoms with Gasteiger partial charge in [-0.3, -0.25) is 4.57 Å². The van der Waals surface area contributed by atoms with Crippen LogP contribution in [0.15, 0.2) is 34.8 Å². The van der Waals surface area contributed by atoms with Crippen LogP contribution < -0.4 is 4.74 Å². The van der Waals surface area contributed by atoms with Crippen molar-refractivity contribution in [3.8, 4) is 11.6 Å². The predicted molar refractivity (Wildman–Crippen MR) is 85.5 cm³/mol. The third-order valence-corrected chi connectivity index (χ3v) is 3.95. The highest BCUT2D eigenvalue weighted by atomic mass is 79.9. The summed E-state index contributed by atoms with van der Waals surface area (Å²) in [6.07, 6.45) is 0. The van der Waals surface area contributed by atoms with Crippen molar-refractivity contribution in [2.24, 2.45) is 0 Å². The smallest absolute Gasteiger partial charge is 0.215 e. The Morgan fingerprint density at radius 1 is 1.35 bits per heavy atom. The second kappa shape index (κ2) is 5.20. The number of halogens is 2. The number of nitrogens with one attached hydrogen (secondary N) is 1. The third kappa shape index (κ3) is 2.24. The van der Waals surface area contributed by atoms with Gasteiger partial charge in [0.15, 0.2) is 10.4 Å². The number of nitrogens with zero attached hydrogens (tertiary/aromatic N) is 2. The number of aromatic nitrogens is 3. The van der Waals surface area contributed by atoms with Crippen molar-refractivity contribution in [1.29, 1.82) is 0 Å². The highest BCUT2D eigenvalue weighted by Gasteiger charge is 2.12. The number of ether oxygens (including phenoxy) is 1. The maximum atomic E-state index is 6.30. The number of rotatable bonds is 2. The molecule has 1 aromatic carbocycles. The predicted octanol–water partition coefficient (Wildman–Crippen LogP) is 4.51. The van der Waals surface area contributed by atoms with Crippen molar-refractivity contribution in [2.45, 2.75) is 0 Å². The van der Waals surface area contributed by atoms with Crippen molar-refractivity contribution >= 4 is 50.9 Å². The molecule has 0 aliphatic rings. The topological polar surface area (TPSA) is 42.8 Å². The monoisotopic (exact) mass is 369 g/mol. The largest absolute Gasteiger partial charge is 0.481 e. The molecule has 0 saturated carbocycles. The van der Waals surface area contributed by atoms with E-state index in [1.807, 2.05) is 24.3 Å². The lowest BCUT2D eigenvalue weighted by Crippen LogP contribution is -1.97. The SMILES string of the molecule is COc1ccc2[nH]c(=S)n(-c3ccc(Br)cc3Cl)c2n1. The number of hydrogen-bond donors (Lipinski definition) is 1. The van der Waals surface area contributed by atoms with Gasteiger partial charge in [-0.15, -0.1) is 0 Å². The highest BCUT2D eigenvalue weighted by Crippen LogP contribution is 2.28. The van der Waals surface area contributed by atoms with Crippen LogP contribution >= 0.6 is 39.7 Å². The van der Waals surface area contributed by atoms with E-state index in [1.54, 1.807) is 17.7 Å². The number of aromatic amines is 1. The van der Waals surface area contributed by atoms with Gasteiger partial charge in [0.1, 0.15) is 0 Å². The highest BCUT2D eigenvalue weighted by molar-refractivity contribution is 9.10. The number of pyridine rings is 1. The maximum Gasteiger partial charge on any atom is 0.215 e. The van der Waals surface area contributed by atoms with Crippen molar-refractivity contribution < 1.29 is 4.74 Å². The van der Waals surface area contributed by atoms with E-state index >= 15 is 0 Å². The average Bonchev–Trinajstić information content (AvgIpc) is 2.74. The zero-order chi connectivity index (χ0) is 14.3. The first-order valence-electron chi connectivity index (χ1n) is 5.71. The van der Waals surface area contributed by atoms with Crippen LogP contribution in [0.25, 0.3) is 16.9 Å². The molecule has 0 atom stereocenters. The van der Waals surface area contributed by atoms with Gasteiger partial charge in [0.05, 0.1) is 23.3 Å². The molecule has 3 rings (SSSR count). The second-order valence-corrected chi connectivity index (χ2v) is 5.80. The average molecular weight is 371 g/mol. The minimum Gasteiger partial charge on any atom is -0.481 e. The summed E-state index contributed by atoms with van der Waals surface area (Å²) in [5.74, 6) is 0.522. The molecule has 0 amide bonds. The molecule has 0 bridgehead atoms. The summed E-state index contributed by atoms with van der Waals surface area (Å²) in [7, 11) is 1.58. The lowest BCUT2D eigenvalue weighted by molar-refractivity contribution is 0.399. The third-order valence-electron chi connectivity index (χ3n) is 2.87. The summed E-state index contributed by atoms with van der Waals surface area (Å²) in [5, 5.41) is 0.584. The summed E-state index contributed by atoms with van der Waals surface area (Å²) in [6, 6.07) is 9.26. The molecule has 1 N–H and O–H groups in total. The molecule has 0 unspecified atom stereocenters. The first-order chi connectivity index (χ1) is 9.60. The first kappa shape index (κ1) is 13.6. The van der Waals surface area contributed by atoms with E-state index in [-0.39, 0.29) is 0 Å². The van der Waals surface area contributed by atoms with E-state index in [9.17, 15) is 0 Å². The molecule has 2 aromatic heterocycles. The fourth-order valence-corrected chi connectivity index (χ4v) is 3.02. The Labute approximate surface area is 133 Å². The lowest BCUT2D eigenvalue weighted by atomic mass is 10.3. The van der Waals surface area contributed by atoms with E-state index in [4.69, 9.17) is 28.6 Å². The van der Waals surface area contributed by atoms with Gasteiger partial charge in [0.2, 0.25) is 5.88 Å². The Balaban J connectivity index is 2.34. The molecule has 0 aliphatic heterocycles. The van der Waals surface area contributed by atoms with Gasteiger partial charge in [0.25, 0.3) is 0 Å². The van der Waals surface area contributed by atoms with Crippen molar-refractivity contribution in [3.05, 3.63) is 44.6 Å². The summed E-state index contributed by atoms with van der Waals surface area (Å²) >= 11 is 15.0. The molecule has 7 heteroatoms. The molecule has 3 aromatic rings. The maximum absolute atomic E-state index is 6.30. The number of fused-ring (bicyclic) bond motifs is 1. The van der Waals surface area contributed by atoms with Gasteiger partial charge in [-0.25, -0.2) is 0 Å². The van der Waals surface area contributed by atoms with Crippen LogP contribution in [0.4, 0.5) is 0 Å². The molecule has 0 spiro atoms. The van der Waals surface area contributed by atoms with Crippen LogP contribution in [0.5, 0.6) is 5.88 Å². The van der Waals surface area contributed by atoms with E-state index in [0.717, 1.165) is 15.7 Å². The molecule has 102 valence electrons. The van der Waals surface area contributed by atoms with Crippen molar-refractivity contribution in [3.63, 3.8) is 0 Å². The van der Waals surface area contributed by atoms with Gasteiger partial charge in [-0.2, -0.15) is 4.98 Å². The van der Waals surface area contributed by atoms with E-state index in [1.165, 1.54) is 0 Å². The number of imidazole rings is 1. The normalized spacial score (nSPS) is 10.9. The Bertz CT molecular complexity index is 858.